The van der Waals surface area contributed by atoms with Crippen LogP contribution in [0.2, 0.25) is 15.1 Å². The van der Waals surface area contributed by atoms with Gasteiger partial charge < -0.3 is 30.0 Å². The molecule has 8 nitrogen and oxygen atoms in total. The third-order valence-corrected chi connectivity index (χ3v) is 5.40. The Morgan fingerprint density at radius 3 is 2.69 bits per heavy atom. The van der Waals surface area contributed by atoms with Crippen molar-refractivity contribution in [3.05, 3.63) is 51.5 Å². The monoisotopic (exact) mass is 502 g/mol. The van der Waals surface area contributed by atoms with E-state index in [0.717, 1.165) is 0 Å². The van der Waals surface area contributed by atoms with Crippen LogP contribution in [0.4, 0.5) is 0 Å². The van der Waals surface area contributed by atoms with Crippen LogP contribution in [0.1, 0.15) is 6.42 Å². The lowest BCUT2D eigenvalue weighted by molar-refractivity contribution is -0.130. The number of ether oxygens (including phenoxy) is 3. The van der Waals surface area contributed by atoms with Gasteiger partial charge in [0.05, 0.1) is 16.1 Å². The zero-order valence-corrected chi connectivity index (χ0v) is 19.0. The van der Waals surface area contributed by atoms with E-state index in [-0.39, 0.29) is 38.6 Å². The van der Waals surface area contributed by atoms with Crippen LogP contribution in [-0.2, 0) is 9.59 Å². The van der Waals surface area contributed by atoms with Crippen molar-refractivity contribution in [2.24, 2.45) is 0 Å². The first-order valence-electron chi connectivity index (χ1n) is 9.71. The van der Waals surface area contributed by atoms with Crippen LogP contribution in [0.15, 0.2) is 36.4 Å². The summed E-state index contributed by atoms with van der Waals surface area (Å²) in [5.74, 6) is 0.544. The van der Waals surface area contributed by atoms with Crippen LogP contribution in [0.3, 0.4) is 0 Å². The summed E-state index contributed by atoms with van der Waals surface area (Å²) in [7, 11) is 0. The predicted octanol–water partition coefficient (Wildman–Crippen LogP) is 2.85. The van der Waals surface area contributed by atoms with Gasteiger partial charge in [-0.05, 0) is 30.7 Å². The van der Waals surface area contributed by atoms with Crippen LogP contribution in [0, 0.1) is 0 Å². The van der Waals surface area contributed by atoms with Crippen LogP contribution >= 0.6 is 34.8 Å². The van der Waals surface area contributed by atoms with Gasteiger partial charge in [0.25, 0.3) is 11.8 Å². The van der Waals surface area contributed by atoms with Crippen LogP contribution in [0.25, 0.3) is 0 Å². The molecule has 2 atom stereocenters. The Labute approximate surface area is 199 Å². The van der Waals surface area contributed by atoms with Gasteiger partial charge in [0.1, 0.15) is 12.4 Å². The molecule has 1 aliphatic heterocycles. The molecule has 3 N–H and O–H groups in total. The number of halogens is 3. The SMILES string of the molecule is O=C(COc1ccc(Cl)c(Cl)c1)NC[C@@H](O)CCNC(=O)[C@H]1COc2cc(Cl)ccc2O1. The Hall–Kier alpha value is -2.39. The van der Waals surface area contributed by atoms with Crippen LogP contribution in [-0.4, -0.2) is 55.4 Å². The van der Waals surface area contributed by atoms with E-state index in [4.69, 9.17) is 49.0 Å². The van der Waals surface area contributed by atoms with E-state index >= 15 is 0 Å². The average Bonchev–Trinajstić information content (AvgIpc) is 2.78. The lowest BCUT2D eigenvalue weighted by Crippen LogP contribution is -2.45. The van der Waals surface area contributed by atoms with Crippen molar-refractivity contribution in [2.75, 3.05) is 26.3 Å². The number of hydrogen-bond donors (Lipinski definition) is 3. The van der Waals surface area contributed by atoms with Gasteiger partial charge in [0, 0.05) is 30.2 Å². The molecule has 0 saturated heterocycles. The van der Waals surface area contributed by atoms with Crippen molar-refractivity contribution in [1.29, 1.82) is 0 Å². The lowest BCUT2D eigenvalue weighted by Gasteiger charge is -2.26. The van der Waals surface area contributed by atoms with E-state index in [2.05, 4.69) is 10.6 Å². The fourth-order valence-corrected chi connectivity index (χ4v) is 3.20. The van der Waals surface area contributed by atoms with Gasteiger partial charge in [-0.15, -0.1) is 0 Å². The van der Waals surface area contributed by atoms with Gasteiger partial charge in [0.2, 0.25) is 6.10 Å². The van der Waals surface area contributed by atoms with Crippen LogP contribution < -0.4 is 24.8 Å². The van der Waals surface area contributed by atoms with E-state index in [9.17, 15) is 14.7 Å². The zero-order chi connectivity index (χ0) is 23.1. The number of hydrogen-bond acceptors (Lipinski definition) is 6. The van der Waals surface area contributed by atoms with Gasteiger partial charge in [-0.1, -0.05) is 34.8 Å². The van der Waals surface area contributed by atoms with Crippen molar-refractivity contribution in [3.8, 4) is 17.2 Å². The number of nitrogens with one attached hydrogen (secondary N) is 2. The first-order chi connectivity index (χ1) is 15.3. The minimum Gasteiger partial charge on any atom is -0.485 e. The summed E-state index contributed by atoms with van der Waals surface area (Å²) in [6, 6.07) is 9.55. The first kappa shape index (κ1) is 24.3. The Morgan fingerprint density at radius 2 is 1.91 bits per heavy atom. The lowest BCUT2D eigenvalue weighted by atomic mass is 10.2. The molecule has 0 aromatic heterocycles. The molecule has 0 fully saturated rings. The molecule has 0 unspecified atom stereocenters. The summed E-state index contributed by atoms with van der Waals surface area (Å²) >= 11 is 17.6. The molecule has 0 bridgehead atoms. The fraction of sp³-hybridized carbons (Fsp3) is 0.333. The molecule has 0 aliphatic carbocycles. The number of benzene rings is 2. The van der Waals surface area contributed by atoms with E-state index in [1.165, 1.54) is 6.07 Å². The quantitative estimate of drug-likeness (QED) is 0.486. The molecule has 3 rings (SSSR count). The summed E-state index contributed by atoms with van der Waals surface area (Å²) in [5, 5.41) is 16.5. The van der Waals surface area contributed by atoms with Gasteiger partial charge in [-0.25, -0.2) is 0 Å². The largest absolute Gasteiger partial charge is 0.485 e. The van der Waals surface area contributed by atoms with Crippen molar-refractivity contribution in [3.63, 3.8) is 0 Å². The summed E-state index contributed by atoms with van der Waals surface area (Å²) in [6.07, 6.45) is -1.42. The Balaban J connectivity index is 1.31. The highest BCUT2D eigenvalue weighted by molar-refractivity contribution is 6.42. The van der Waals surface area contributed by atoms with E-state index in [1.54, 1.807) is 30.3 Å². The number of rotatable bonds is 9. The smallest absolute Gasteiger partial charge is 0.264 e. The molecule has 2 aromatic carbocycles. The Morgan fingerprint density at radius 1 is 1.09 bits per heavy atom. The molecular weight excluding hydrogens is 483 g/mol. The predicted molar refractivity (Wildman–Crippen MR) is 120 cm³/mol. The number of carbonyl (C=O) groups is 2. The topological polar surface area (TPSA) is 106 Å². The van der Waals surface area contributed by atoms with Crippen molar-refractivity contribution < 1.29 is 28.9 Å². The van der Waals surface area contributed by atoms with Crippen molar-refractivity contribution in [1.82, 2.24) is 10.6 Å². The maximum absolute atomic E-state index is 12.3. The number of fused-ring (bicyclic) bond motifs is 1. The van der Waals surface area contributed by atoms with Gasteiger partial charge in [-0.3, -0.25) is 9.59 Å². The number of aliphatic hydroxyl groups is 1. The minimum atomic E-state index is -0.851. The van der Waals surface area contributed by atoms with E-state index in [1.807, 2.05) is 0 Å². The van der Waals surface area contributed by atoms with Gasteiger partial charge in [-0.2, -0.15) is 0 Å². The molecule has 0 spiro atoms. The maximum atomic E-state index is 12.3. The zero-order valence-electron chi connectivity index (χ0n) is 16.8. The molecule has 2 aromatic rings. The van der Waals surface area contributed by atoms with Crippen molar-refractivity contribution >= 4 is 46.6 Å². The number of carbonyl (C=O) groups excluding carboxylic acids is 2. The highest BCUT2D eigenvalue weighted by Crippen LogP contribution is 2.34. The maximum Gasteiger partial charge on any atom is 0.264 e. The second-order valence-corrected chi connectivity index (χ2v) is 8.16. The third-order valence-electron chi connectivity index (χ3n) is 4.43. The second kappa shape index (κ2) is 11.5. The van der Waals surface area contributed by atoms with Gasteiger partial charge >= 0.3 is 0 Å². The minimum absolute atomic E-state index is 0.0105. The molecule has 1 heterocycles. The molecular formula is C21H21Cl3N2O6. The van der Waals surface area contributed by atoms with Gasteiger partial charge in [0.15, 0.2) is 18.1 Å². The highest BCUT2D eigenvalue weighted by Gasteiger charge is 2.27. The Bertz CT molecular complexity index is 975. The number of amides is 2. The summed E-state index contributed by atoms with van der Waals surface area (Å²) < 4.78 is 16.4. The first-order valence-corrected chi connectivity index (χ1v) is 10.8. The molecule has 172 valence electrons. The molecule has 32 heavy (non-hydrogen) atoms. The molecule has 0 saturated carbocycles. The van der Waals surface area contributed by atoms with E-state index in [0.29, 0.717) is 32.3 Å². The second-order valence-electron chi connectivity index (χ2n) is 6.91. The molecule has 0 radical (unpaired) electrons. The summed E-state index contributed by atoms with van der Waals surface area (Å²) in [6.45, 7) is 0.0172. The molecule has 2 amide bonds. The standard InChI is InChI=1S/C21H21Cl3N2O6/c22-12-1-4-17-18(7-12)31-10-19(32-17)21(29)25-6-5-13(27)9-26-20(28)11-30-14-2-3-15(23)16(24)8-14/h1-4,7-8,13,19,27H,5-6,9-11H2,(H,25,29)(H,26,28)/t13-,19+/m0/s1. The normalized spacial score (nSPS) is 15.6. The molecule has 1 aliphatic rings. The summed E-state index contributed by atoms with van der Waals surface area (Å²) in [4.78, 5) is 24.1. The summed E-state index contributed by atoms with van der Waals surface area (Å²) in [5.41, 5.74) is 0. The van der Waals surface area contributed by atoms with Crippen molar-refractivity contribution in [2.45, 2.75) is 18.6 Å². The Kier molecular flexibility index (Phi) is 8.69. The average molecular weight is 504 g/mol. The third kappa shape index (κ3) is 7.06. The van der Waals surface area contributed by atoms with Crippen LogP contribution in [0.5, 0.6) is 17.2 Å². The number of aliphatic hydroxyl groups excluding tert-OH is 1. The molecule has 11 heteroatoms. The van der Waals surface area contributed by atoms with E-state index < -0.39 is 18.1 Å². The highest BCUT2D eigenvalue weighted by atomic mass is 35.5. The fourth-order valence-electron chi connectivity index (χ4n) is 2.75.